The molecular weight excluding hydrogens is 370 g/mol. The second-order valence-corrected chi connectivity index (χ2v) is 9.36. The van der Waals surface area contributed by atoms with E-state index in [0.717, 1.165) is 30.9 Å². The predicted octanol–water partition coefficient (Wildman–Crippen LogP) is 0.935. The van der Waals surface area contributed by atoms with Gasteiger partial charge in [-0.25, -0.2) is 8.42 Å². The molecule has 1 aliphatic rings. The molecule has 2 atom stereocenters. The predicted molar refractivity (Wildman–Crippen MR) is 103 cm³/mol. The van der Waals surface area contributed by atoms with Crippen LogP contribution in [0.1, 0.15) is 26.7 Å². The number of hydrogen-bond acceptors (Lipinski definition) is 5. The molecule has 142 valence electrons. The molecule has 0 bridgehead atoms. The van der Waals surface area contributed by atoms with Gasteiger partial charge in [-0.05, 0) is 37.7 Å². The highest BCUT2D eigenvalue weighted by atomic mass is 32.2. The van der Waals surface area contributed by atoms with Gasteiger partial charge >= 0.3 is 0 Å². The van der Waals surface area contributed by atoms with E-state index in [-0.39, 0.29) is 11.8 Å². The van der Waals surface area contributed by atoms with Crippen LogP contribution < -0.4 is 4.90 Å². The minimum absolute atomic E-state index is 0.118. The summed E-state index contributed by atoms with van der Waals surface area (Å²) in [6.07, 6.45) is 5.18. The first-order chi connectivity index (χ1) is 12.4. The van der Waals surface area contributed by atoms with Crippen molar-refractivity contribution in [2.24, 2.45) is 0 Å². The molecule has 0 saturated carbocycles. The Morgan fingerprint density at radius 1 is 1.31 bits per heavy atom. The largest absolute Gasteiger partial charge is 0.313 e. The number of nitrogens with zero attached hydrogens (tertiary/aromatic N) is 4. The summed E-state index contributed by atoms with van der Waals surface area (Å²) in [7, 11) is -2.90. The fourth-order valence-corrected chi connectivity index (χ4v) is 5.63. The van der Waals surface area contributed by atoms with Crippen molar-refractivity contribution in [1.29, 1.82) is 0 Å². The van der Waals surface area contributed by atoms with Gasteiger partial charge in [0.25, 0.3) is 0 Å². The van der Waals surface area contributed by atoms with Crippen molar-refractivity contribution in [3.63, 3.8) is 0 Å². The molecule has 2 aromatic rings. The zero-order valence-electron chi connectivity index (χ0n) is 15.3. The molecule has 1 unspecified atom stereocenters. The Kier molecular flexibility index (Phi) is 5.89. The molecule has 1 fully saturated rings. The lowest BCUT2D eigenvalue weighted by atomic mass is 10.2. The summed E-state index contributed by atoms with van der Waals surface area (Å²) in [6.45, 7) is 6.42. The molecule has 2 aromatic heterocycles. The molecule has 3 rings (SSSR count). The molecule has 1 N–H and O–H groups in total. The third-order valence-corrected chi connectivity index (χ3v) is 7.12. The number of aromatic nitrogens is 4. The standard InChI is InChI=1S/C17H25N5O2S2/c1-3-10-21-16(14-5-8-18-9-6-14)19-22(17(21)25)13-20(4-2)15-7-11-26(23,24)12-15/h5-6,8-9,15H,3-4,7,10-13H2,1-2H3/p+1/t15-/m1/s1. The van der Waals surface area contributed by atoms with Crippen LogP contribution in [0.15, 0.2) is 24.5 Å². The van der Waals surface area contributed by atoms with Gasteiger partial charge in [-0.3, -0.25) is 9.55 Å². The number of rotatable bonds is 7. The van der Waals surface area contributed by atoms with E-state index in [1.807, 2.05) is 16.8 Å². The van der Waals surface area contributed by atoms with Crippen LogP contribution >= 0.6 is 12.2 Å². The third kappa shape index (κ3) is 4.05. The molecule has 26 heavy (non-hydrogen) atoms. The molecule has 0 aromatic carbocycles. The van der Waals surface area contributed by atoms with Gasteiger partial charge in [-0.15, -0.1) is 5.10 Å². The third-order valence-electron chi connectivity index (χ3n) is 4.93. The van der Waals surface area contributed by atoms with Crippen LogP contribution in [0.2, 0.25) is 0 Å². The van der Waals surface area contributed by atoms with Crippen molar-refractivity contribution >= 4 is 22.1 Å². The number of quaternary nitrogens is 1. The van der Waals surface area contributed by atoms with Crippen molar-refractivity contribution in [2.45, 2.75) is 45.9 Å². The Balaban J connectivity index is 1.91. The Labute approximate surface area is 159 Å². The summed E-state index contributed by atoms with van der Waals surface area (Å²) in [6, 6.07) is 3.98. The van der Waals surface area contributed by atoms with E-state index in [0.29, 0.717) is 23.6 Å². The Morgan fingerprint density at radius 3 is 2.62 bits per heavy atom. The van der Waals surface area contributed by atoms with E-state index in [9.17, 15) is 8.42 Å². The van der Waals surface area contributed by atoms with E-state index in [1.54, 1.807) is 12.4 Å². The highest BCUT2D eigenvalue weighted by Gasteiger charge is 2.35. The van der Waals surface area contributed by atoms with Crippen molar-refractivity contribution in [1.82, 2.24) is 19.3 Å². The van der Waals surface area contributed by atoms with E-state index < -0.39 is 9.84 Å². The maximum atomic E-state index is 11.8. The molecule has 9 heteroatoms. The topological polar surface area (TPSA) is 74.2 Å². The average Bonchev–Trinajstić information content (AvgIpc) is 3.14. The summed E-state index contributed by atoms with van der Waals surface area (Å²) in [5.74, 6) is 1.39. The lowest BCUT2D eigenvalue weighted by molar-refractivity contribution is -0.943. The fraction of sp³-hybridized carbons (Fsp3) is 0.588. The van der Waals surface area contributed by atoms with Gasteiger partial charge in [0.05, 0.1) is 12.3 Å². The maximum absolute atomic E-state index is 11.8. The van der Waals surface area contributed by atoms with Gasteiger partial charge in [0.2, 0.25) is 4.77 Å². The van der Waals surface area contributed by atoms with Gasteiger partial charge in [0.1, 0.15) is 11.8 Å². The Hall–Kier alpha value is -1.58. The number of hydrogen-bond donors (Lipinski definition) is 1. The van der Waals surface area contributed by atoms with Crippen LogP contribution in [-0.4, -0.2) is 51.8 Å². The van der Waals surface area contributed by atoms with Gasteiger partial charge in [0.15, 0.2) is 22.3 Å². The van der Waals surface area contributed by atoms with Crippen LogP contribution in [0.25, 0.3) is 11.4 Å². The quantitative estimate of drug-likeness (QED) is 0.705. The van der Waals surface area contributed by atoms with Crippen LogP contribution in [0, 0.1) is 4.77 Å². The van der Waals surface area contributed by atoms with Crippen LogP contribution in [-0.2, 0) is 23.1 Å². The molecule has 0 amide bonds. The Morgan fingerprint density at radius 2 is 2.04 bits per heavy atom. The summed E-state index contributed by atoms with van der Waals surface area (Å²) >= 11 is 5.68. The van der Waals surface area contributed by atoms with Crippen molar-refractivity contribution in [3.05, 3.63) is 29.3 Å². The van der Waals surface area contributed by atoms with E-state index >= 15 is 0 Å². The molecular formula is C17H26N5O2S2+. The first-order valence-corrected chi connectivity index (χ1v) is 11.3. The smallest absolute Gasteiger partial charge is 0.203 e. The van der Waals surface area contributed by atoms with Crippen LogP contribution in [0.3, 0.4) is 0 Å². The monoisotopic (exact) mass is 396 g/mol. The second kappa shape index (κ2) is 7.98. The van der Waals surface area contributed by atoms with Crippen LogP contribution in [0.5, 0.6) is 0 Å². The normalized spacial score (nSPS) is 20.3. The zero-order valence-corrected chi connectivity index (χ0v) is 16.9. The Bertz CT molecular complexity index is 905. The first-order valence-electron chi connectivity index (χ1n) is 9.08. The molecule has 1 aliphatic heterocycles. The SMILES string of the molecule is CCCn1c(-c2ccncc2)nn(C[NH+](CC)[C@@H]2CCS(=O)(=O)C2)c1=S. The summed E-state index contributed by atoms with van der Waals surface area (Å²) in [4.78, 5) is 5.29. The van der Waals surface area contributed by atoms with Crippen molar-refractivity contribution < 1.29 is 13.3 Å². The van der Waals surface area contributed by atoms with Crippen molar-refractivity contribution in [3.8, 4) is 11.4 Å². The van der Waals surface area contributed by atoms with Crippen LogP contribution in [0.4, 0.5) is 0 Å². The lowest BCUT2D eigenvalue weighted by Crippen LogP contribution is -3.15. The minimum Gasteiger partial charge on any atom is -0.313 e. The van der Waals surface area contributed by atoms with E-state index in [2.05, 4.69) is 23.4 Å². The fourth-order valence-electron chi connectivity index (χ4n) is 3.52. The summed E-state index contributed by atoms with van der Waals surface area (Å²) < 4.78 is 28.3. The average molecular weight is 397 g/mol. The van der Waals surface area contributed by atoms with E-state index in [1.165, 1.54) is 4.90 Å². The summed E-state index contributed by atoms with van der Waals surface area (Å²) in [5.41, 5.74) is 0.986. The van der Waals surface area contributed by atoms with Gasteiger partial charge in [0, 0.05) is 30.9 Å². The van der Waals surface area contributed by atoms with E-state index in [4.69, 9.17) is 17.3 Å². The molecule has 0 spiro atoms. The molecule has 0 radical (unpaired) electrons. The van der Waals surface area contributed by atoms with Gasteiger partial charge in [-0.1, -0.05) is 6.92 Å². The minimum atomic E-state index is -2.90. The molecule has 0 aliphatic carbocycles. The highest BCUT2D eigenvalue weighted by Crippen LogP contribution is 2.17. The molecule has 1 saturated heterocycles. The second-order valence-electron chi connectivity index (χ2n) is 6.76. The van der Waals surface area contributed by atoms with Gasteiger partial charge in [-0.2, -0.15) is 4.68 Å². The molecule has 3 heterocycles. The number of nitrogens with one attached hydrogen (secondary N) is 1. The summed E-state index contributed by atoms with van der Waals surface area (Å²) in [5, 5.41) is 4.77. The number of sulfone groups is 1. The zero-order chi connectivity index (χ0) is 18.7. The lowest BCUT2D eigenvalue weighted by Gasteiger charge is -2.23. The molecule has 7 nitrogen and oxygen atoms in total. The van der Waals surface area contributed by atoms with Crippen molar-refractivity contribution in [2.75, 3.05) is 18.1 Å². The number of pyridine rings is 1. The van der Waals surface area contributed by atoms with Gasteiger partial charge < -0.3 is 4.90 Å². The highest BCUT2D eigenvalue weighted by molar-refractivity contribution is 7.91. The first kappa shape index (κ1) is 19.2. The maximum Gasteiger partial charge on any atom is 0.203 e.